The average molecular weight is 387 g/mol. The second-order valence-electron chi connectivity index (χ2n) is 6.34. The molecule has 0 saturated heterocycles. The molecule has 3 heterocycles. The number of hydrogen-bond acceptors (Lipinski definition) is 6. The van der Waals surface area contributed by atoms with Crippen LogP contribution in [-0.2, 0) is 6.42 Å². The maximum Gasteiger partial charge on any atom is 0.195 e. The Morgan fingerprint density at radius 2 is 1.82 bits per heavy atom. The molecule has 0 aliphatic carbocycles. The molecule has 0 bridgehead atoms. The van der Waals surface area contributed by atoms with Crippen molar-refractivity contribution in [3.8, 4) is 5.69 Å². The average Bonchev–Trinajstić information content (AvgIpc) is 3.36. The Morgan fingerprint density at radius 1 is 0.964 bits per heavy atom. The molecule has 7 heteroatoms. The van der Waals surface area contributed by atoms with Crippen molar-refractivity contribution in [1.82, 2.24) is 24.7 Å². The Kier molecular flexibility index (Phi) is 4.50. The number of fused-ring (bicyclic) bond motifs is 2. The number of thioether (sulfide) groups is 1. The van der Waals surface area contributed by atoms with Crippen molar-refractivity contribution in [2.45, 2.75) is 17.9 Å². The number of oxazole rings is 1. The van der Waals surface area contributed by atoms with Crippen LogP contribution in [0.15, 0.2) is 76.6 Å². The Bertz CT molecular complexity index is 1200. The highest BCUT2D eigenvalue weighted by Crippen LogP contribution is 2.26. The quantitative estimate of drug-likeness (QED) is 0.239. The first-order valence-corrected chi connectivity index (χ1v) is 10.1. The van der Waals surface area contributed by atoms with Crippen LogP contribution in [0.3, 0.4) is 0 Å². The maximum absolute atomic E-state index is 5.78. The third-order valence-electron chi connectivity index (χ3n) is 4.44. The van der Waals surface area contributed by atoms with Crippen LogP contribution < -0.4 is 0 Å². The van der Waals surface area contributed by atoms with Gasteiger partial charge in [0, 0.05) is 12.2 Å². The minimum absolute atomic E-state index is 0.784. The molecule has 0 fully saturated rings. The molecule has 0 N–H and O–H groups in total. The van der Waals surface area contributed by atoms with Crippen LogP contribution in [0.4, 0.5) is 0 Å². The lowest BCUT2D eigenvalue weighted by Crippen LogP contribution is -1.97. The molecular weight excluding hydrogens is 370 g/mol. The zero-order chi connectivity index (χ0) is 18.8. The molecule has 138 valence electrons. The molecule has 0 spiro atoms. The van der Waals surface area contributed by atoms with Gasteiger partial charge in [-0.3, -0.25) is 0 Å². The number of hydrogen-bond donors (Lipinski definition) is 0. The number of nitrogens with zero attached hydrogens (tertiary/aromatic N) is 5. The number of rotatable bonds is 6. The minimum Gasteiger partial charge on any atom is -0.441 e. The minimum atomic E-state index is 0.784. The summed E-state index contributed by atoms with van der Waals surface area (Å²) in [4.78, 5) is 13.4. The molecule has 28 heavy (non-hydrogen) atoms. The van der Waals surface area contributed by atoms with Gasteiger partial charge in [0.05, 0.1) is 17.3 Å². The number of benzene rings is 2. The van der Waals surface area contributed by atoms with Gasteiger partial charge in [0.1, 0.15) is 16.9 Å². The van der Waals surface area contributed by atoms with Crippen LogP contribution in [0.5, 0.6) is 0 Å². The van der Waals surface area contributed by atoms with E-state index in [4.69, 9.17) is 4.42 Å². The van der Waals surface area contributed by atoms with E-state index in [1.54, 1.807) is 18.1 Å². The lowest BCUT2D eigenvalue weighted by Gasteiger charge is -2.04. The Balaban J connectivity index is 1.28. The first-order valence-electron chi connectivity index (χ1n) is 9.10. The summed E-state index contributed by atoms with van der Waals surface area (Å²) in [6.07, 6.45) is 5.20. The predicted octanol–water partition coefficient (Wildman–Crippen LogP) is 4.68. The van der Waals surface area contributed by atoms with Gasteiger partial charge in [-0.15, -0.1) is 11.8 Å². The lowest BCUT2D eigenvalue weighted by atomic mass is 10.3. The molecule has 5 aromatic rings. The van der Waals surface area contributed by atoms with Gasteiger partial charge < -0.3 is 4.42 Å². The largest absolute Gasteiger partial charge is 0.441 e. The van der Waals surface area contributed by atoms with E-state index in [1.165, 1.54) is 0 Å². The highest BCUT2D eigenvalue weighted by molar-refractivity contribution is 7.99. The van der Waals surface area contributed by atoms with Gasteiger partial charge >= 0.3 is 0 Å². The maximum atomic E-state index is 5.78. The van der Waals surface area contributed by atoms with E-state index in [-0.39, 0.29) is 0 Å². The summed E-state index contributed by atoms with van der Waals surface area (Å²) in [5.41, 5.74) is 3.57. The van der Waals surface area contributed by atoms with E-state index in [0.717, 1.165) is 57.3 Å². The van der Waals surface area contributed by atoms with E-state index in [2.05, 4.69) is 20.1 Å². The topological polar surface area (TPSA) is 69.6 Å². The van der Waals surface area contributed by atoms with Gasteiger partial charge in [0.2, 0.25) is 0 Å². The van der Waals surface area contributed by atoms with Crippen molar-refractivity contribution < 1.29 is 4.42 Å². The van der Waals surface area contributed by atoms with E-state index in [1.807, 2.05) is 65.5 Å². The molecule has 0 radical (unpaired) electrons. The van der Waals surface area contributed by atoms with Crippen LogP contribution >= 0.6 is 11.8 Å². The highest BCUT2D eigenvalue weighted by Gasteiger charge is 2.12. The second kappa shape index (κ2) is 7.44. The third kappa shape index (κ3) is 3.25. The monoisotopic (exact) mass is 387 g/mol. The molecule has 0 aliphatic heterocycles. The Morgan fingerprint density at radius 3 is 2.71 bits per heavy atom. The van der Waals surface area contributed by atoms with Crippen LogP contribution in [0.2, 0.25) is 0 Å². The molecule has 0 saturated carbocycles. The SMILES string of the molecule is c1ccc(-n2ncc3c(SCCCc4nc5ccccc5o4)ncnc32)cc1. The van der Waals surface area contributed by atoms with Gasteiger partial charge in [-0.25, -0.2) is 19.6 Å². The van der Waals surface area contributed by atoms with Crippen molar-refractivity contribution in [1.29, 1.82) is 0 Å². The fourth-order valence-electron chi connectivity index (χ4n) is 3.11. The van der Waals surface area contributed by atoms with E-state index >= 15 is 0 Å². The van der Waals surface area contributed by atoms with Crippen molar-refractivity contribution in [3.63, 3.8) is 0 Å². The summed E-state index contributed by atoms with van der Waals surface area (Å²) in [5, 5.41) is 6.42. The summed E-state index contributed by atoms with van der Waals surface area (Å²) in [7, 11) is 0. The third-order valence-corrected chi connectivity index (χ3v) is 5.53. The highest BCUT2D eigenvalue weighted by atomic mass is 32.2. The van der Waals surface area contributed by atoms with Gasteiger partial charge in [-0.05, 0) is 30.7 Å². The normalized spacial score (nSPS) is 11.4. The molecule has 0 amide bonds. The standard InChI is InChI=1S/C21H17N5OS/c1-2-7-15(8-3-1)26-20-16(13-24-26)21(23-14-22-20)28-12-6-11-19-25-17-9-4-5-10-18(17)27-19/h1-5,7-10,13-14H,6,11-12H2. The van der Waals surface area contributed by atoms with Gasteiger partial charge in [0.25, 0.3) is 0 Å². The molecule has 3 aromatic heterocycles. The molecule has 6 nitrogen and oxygen atoms in total. The zero-order valence-electron chi connectivity index (χ0n) is 15.0. The fraction of sp³-hybridized carbons (Fsp3) is 0.143. The van der Waals surface area contributed by atoms with Crippen molar-refractivity contribution >= 4 is 33.9 Å². The fourth-order valence-corrected chi connectivity index (χ4v) is 4.02. The molecule has 0 atom stereocenters. The predicted molar refractivity (Wildman–Crippen MR) is 110 cm³/mol. The Hall–Kier alpha value is -3.19. The molecule has 5 rings (SSSR count). The first-order chi connectivity index (χ1) is 13.9. The van der Waals surface area contributed by atoms with Gasteiger partial charge in [-0.1, -0.05) is 30.3 Å². The van der Waals surface area contributed by atoms with Crippen molar-refractivity contribution in [2.75, 3.05) is 5.75 Å². The number of aromatic nitrogens is 5. The van der Waals surface area contributed by atoms with E-state index in [9.17, 15) is 0 Å². The summed E-state index contributed by atoms with van der Waals surface area (Å²) < 4.78 is 7.63. The van der Waals surface area contributed by atoms with Crippen LogP contribution in [0.1, 0.15) is 12.3 Å². The molecule has 0 unspecified atom stereocenters. The Labute approximate surface area is 165 Å². The summed E-state index contributed by atoms with van der Waals surface area (Å²) in [6, 6.07) is 17.9. The van der Waals surface area contributed by atoms with Gasteiger partial charge in [0.15, 0.2) is 17.1 Å². The van der Waals surface area contributed by atoms with Crippen LogP contribution in [-0.4, -0.2) is 30.5 Å². The summed E-state index contributed by atoms with van der Waals surface area (Å²) in [6.45, 7) is 0. The first kappa shape index (κ1) is 16.9. The number of para-hydroxylation sites is 3. The molecule has 0 aliphatic rings. The summed E-state index contributed by atoms with van der Waals surface area (Å²) in [5.74, 6) is 1.70. The van der Waals surface area contributed by atoms with E-state index < -0.39 is 0 Å². The number of aryl methyl sites for hydroxylation is 1. The van der Waals surface area contributed by atoms with Crippen molar-refractivity contribution in [2.24, 2.45) is 0 Å². The van der Waals surface area contributed by atoms with Crippen LogP contribution in [0.25, 0.3) is 27.8 Å². The van der Waals surface area contributed by atoms with Crippen LogP contribution in [0, 0.1) is 0 Å². The summed E-state index contributed by atoms with van der Waals surface area (Å²) >= 11 is 1.71. The molecule has 2 aromatic carbocycles. The van der Waals surface area contributed by atoms with Gasteiger partial charge in [-0.2, -0.15) is 5.10 Å². The molecular formula is C21H17N5OS. The second-order valence-corrected chi connectivity index (χ2v) is 7.42. The van der Waals surface area contributed by atoms with E-state index in [0.29, 0.717) is 0 Å². The smallest absolute Gasteiger partial charge is 0.195 e. The zero-order valence-corrected chi connectivity index (χ0v) is 15.8. The van der Waals surface area contributed by atoms with Crippen molar-refractivity contribution in [3.05, 3.63) is 73.0 Å². The lowest BCUT2D eigenvalue weighted by molar-refractivity contribution is 0.526.